The van der Waals surface area contributed by atoms with E-state index in [1.54, 1.807) is 0 Å². The molecule has 1 aromatic carbocycles. The van der Waals surface area contributed by atoms with Gasteiger partial charge in [-0.2, -0.15) is 0 Å². The molecular weight excluding hydrogens is 378 g/mol. The summed E-state index contributed by atoms with van der Waals surface area (Å²) in [6, 6.07) is 2.56. The molecule has 1 aliphatic rings. The Kier molecular flexibility index (Phi) is 8.67. The van der Waals surface area contributed by atoms with Crippen molar-refractivity contribution in [3.05, 3.63) is 34.9 Å². The molecule has 1 unspecified atom stereocenters. The molecule has 2 N–H and O–H groups in total. The highest BCUT2D eigenvalue weighted by molar-refractivity contribution is 6.04. The number of nitrogens with one attached hydrogen (secondary N) is 2. The monoisotopic (exact) mass is 402 g/mol. The van der Waals surface area contributed by atoms with E-state index in [2.05, 4.69) is 20.6 Å². The first-order valence-corrected chi connectivity index (χ1v) is 8.48. The first-order chi connectivity index (χ1) is 11.5. The zero-order valence-corrected chi connectivity index (χ0v) is 16.6. The van der Waals surface area contributed by atoms with Crippen molar-refractivity contribution < 1.29 is 9.18 Å². The van der Waals surface area contributed by atoms with Crippen LogP contribution >= 0.6 is 24.8 Å². The zero-order chi connectivity index (χ0) is 17.1. The third-order valence-electron chi connectivity index (χ3n) is 4.63. The molecule has 2 aromatic rings. The fourth-order valence-corrected chi connectivity index (χ4v) is 3.13. The lowest BCUT2D eigenvalue weighted by Crippen LogP contribution is -2.33. The first-order valence-electron chi connectivity index (χ1n) is 8.48. The molecular formula is C18H25Cl2FN4O. The number of aromatic nitrogens is 2. The fraction of sp³-hybridized carbons (Fsp3) is 0.500. The zero-order valence-electron chi connectivity index (χ0n) is 15.0. The van der Waals surface area contributed by atoms with Crippen LogP contribution in [0.2, 0.25) is 0 Å². The molecule has 1 atom stereocenters. The predicted octanol–water partition coefficient (Wildman–Crippen LogP) is 3.35. The lowest BCUT2D eigenvalue weighted by molar-refractivity contribution is 0.0951. The highest BCUT2D eigenvalue weighted by atomic mass is 35.5. The molecule has 3 rings (SSSR count). The Hall–Kier alpha value is -1.50. The van der Waals surface area contributed by atoms with Gasteiger partial charge >= 0.3 is 0 Å². The van der Waals surface area contributed by atoms with Crippen molar-refractivity contribution in [2.75, 3.05) is 19.6 Å². The van der Waals surface area contributed by atoms with Crippen LogP contribution in [0.1, 0.15) is 41.0 Å². The third-order valence-corrected chi connectivity index (χ3v) is 4.63. The minimum atomic E-state index is -0.471. The van der Waals surface area contributed by atoms with Gasteiger partial charge in [0.2, 0.25) is 0 Å². The highest BCUT2D eigenvalue weighted by Gasteiger charge is 2.17. The van der Waals surface area contributed by atoms with Crippen molar-refractivity contribution >= 4 is 41.8 Å². The van der Waals surface area contributed by atoms with E-state index in [-0.39, 0.29) is 36.3 Å². The topological polar surface area (TPSA) is 66.9 Å². The molecule has 26 heavy (non-hydrogen) atoms. The number of carbonyl (C=O) groups is 1. The van der Waals surface area contributed by atoms with Gasteiger partial charge in [0.15, 0.2) is 0 Å². The summed E-state index contributed by atoms with van der Waals surface area (Å²) in [7, 11) is 0. The van der Waals surface area contributed by atoms with E-state index < -0.39 is 5.82 Å². The lowest BCUT2D eigenvalue weighted by Gasteiger charge is -2.22. The number of aryl methyl sites for hydroxylation is 2. The number of fused-ring (bicyclic) bond motifs is 1. The van der Waals surface area contributed by atoms with Gasteiger partial charge in [0.1, 0.15) is 11.3 Å². The van der Waals surface area contributed by atoms with Crippen molar-refractivity contribution in [1.29, 1.82) is 0 Å². The van der Waals surface area contributed by atoms with Gasteiger partial charge in [-0.05, 0) is 58.2 Å². The molecule has 1 aliphatic heterocycles. The second-order valence-electron chi connectivity index (χ2n) is 6.47. The molecule has 2 heterocycles. The maximum atomic E-state index is 13.8. The van der Waals surface area contributed by atoms with Crippen LogP contribution in [-0.4, -0.2) is 35.5 Å². The standard InChI is InChI=1S/C18H23FN4O.2ClH/c1-11-12(2)23-17-15(8-14(19)9-16(17)22-11)18(24)21-7-5-13-4-3-6-20-10-13;;/h8-9,13,20H,3-7,10H2,1-2H3,(H,21,24);2*1H. The quantitative estimate of drug-likeness (QED) is 0.822. The molecule has 0 spiro atoms. The van der Waals surface area contributed by atoms with Crippen molar-refractivity contribution in [3.8, 4) is 0 Å². The molecule has 0 radical (unpaired) electrons. The van der Waals surface area contributed by atoms with Gasteiger partial charge in [0.05, 0.1) is 22.5 Å². The molecule has 144 valence electrons. The fourth-order valence-electron chi connectivity index (χ4n) is 3.13. The average molecular weight is 403 g/mol. The summed E-state index contributed by atoms with van der Waals surface area (Å²) >= 11 is 0. The van der Waals surface area contributed by atoms with E-state index in [1.807, 2.05) is 13.8 Å². The number of hydrogen-bond acceptors (Lipinski definition) is 4. The first kappa shape index (κ1) is 22.5. The molecule has 0 aliphatic carbocycles. The van der Waals surface area contributed by atoms with Crippen molar-refractivity contribution in [2.45, 2.75) is 33.1 Å². The largest absolute Gasteiger partial charge is 0.352 e. The summed E-state index contributed by atoms with van der Waals surface area (Å²) in [6.07, 6.45) is 3.30. The molecule has 5 nitrogen and oxygen atoms in total. The summed E-state index contributed by atoms with van der Waals surface area (Å²) < 4.78 is 13.8. The van der Waals surface area contributed by atoms with E-state index in [4.69, 9.17) is 0 Å². The van der Waals surface area contributed by atoms with Crippen LogP contribution in [0.15, 0.2) is 12.1 Å². The Morgan fingerprint density at radius 2 is 2.00 bits per heavy atom. The summed E-state index contributed by atoms with van der Waals surface area (Å²) in [5.74, 6) is -0.171. The van der Waals surface area contributed by atoms with E-state index >= 15 is 0 Å². The Balaban J connectivity index is 0.00000169. The Labute approximate surface area is 165 Å². The van der Waals surface area contributed by atoms with Crippen LogP contribution in [0.5, 0.6) is 0 Å². The van der Waals surface area contributed by atoms with Gasteiger partial charge in [-0.1, -0.05) is 0 Å². The Morgan fingerprint density at radius 1 is 1.27 bits per heavy atom. The smallest absolute Gasteiger partial charge is 0.253 e. The van der Waals surface area contributed by atoms with Crippen molar-refractivity contribution in [3.63, 3.8) is 0 Å². The molecule has 1 fully saturated rings. The van der Waals surface area contributed by atoms with E-state index in [0.717, 1.165) is 30.9 Å². The number of hydrogen-bond donors (Lipinski definition) is 2. The number of nitrogens with zero attached hydrogens (tertiary/aromatic N) is 2. The number of piperidine rings is 1. The normalized spacial score (nSPS) is 16.5. The summed E-state index contributed by atoms with van der Waals surface area (Å²) in [5.41, 5.74) is 2.61. The number of benzene rings is 1. The van der Waals surface area contributed by atoms with Crippen molar-refractivity contribution in [2.24, 2.45) is 5.92 Å². The predicted molar refractivity (Wildman–Crippen MR) is 106 cm³/mol. The molecule has 1 aromatic heterocycles. The van der Waals surface area contributed by atoms with Crippen LogP contribution in [0.25, 0.3) is 11.0 Å². The number of halogens is 3. The Bertz CT molecular complexity index is 766. The SMILES string of the molecule is Cc1nc2cc(F)cc(C(=O)NCCC3CCCNC3)c2nc1C.Cl.Cl. The van der Waals surface area contributed by atoms with E-state index in [1.165, 1.54) is 25.0 Å². The van der Waals surface area contributed by atoms with Gasteiger partial charge in [-0.25, -0.2) is 14.4 Å². The lowest BCUT2D eigenvalue weighted by atomic mass is 9.96. The molecule has 1 amide bonds. The van der Waals surface area contributed by atoms with Crippen LogP contribution in [0.3, 0.4) is 0 Å². The van der Waals surface area contributed by atoms with E-state index in [9.17, 15) is 9.18 Å². The highest BCUT2D eigenvalue weighted by Crippen LogP contribution is 2.19. The molecule has 8 heteroatoms. The van der Waals surface area contributed by atoms with Crippen molar-refractivity contribution in [1.82, 2.24) is 20.6 Å². The van der Waals surface area contributed by atoms with Gasteiger partial charge in [0.25, 0.3) is 5.91 Å². The van der Waals surface area contributed by atoms with E-state index in [0.29, 0.717) is 23.5 Å². The molecule has 0 bridgehead atoms. The average Bonchev–Trinajstić information content (AvgIpc) is 2.56. The summed E-state index contributed by atoms with van der Waals surface area (Å²) in [4.78, 5) is 21.3. The minimum absolute atomic E-state index is 0. The van der Waals surface area contributed by atoms with Gasteiger partial charge in [-0.15, -0.1) is 24.8 Å². The number of carbonyl (C=O) groups excluding carboxylic acids is 1. The Morgan fingerprint density at radius 3 is 2.69 bits per heavy atom. The maximum Gasteiger partial charge on any atom is 0.253 e. The molecule has 1 saturated heterocycles. The van der Waals surface area contributed by atoms with Crippen LogP contribution in [-0.2, 0) is 0 Å². The van der Waals surface area contributed by atoms with Crippen LogP contribution < -0.4 is 10.6 Å². The third kappa shape index (κ3) is 5.25. The molecule has 0 saturated carbocycles. The maximum absolute atomic E-state index is 13.8. The minimum Gasteiger partial charge on any atom is -0.352 e. The number of rotatable bonds is 4. The summed E-state index contributed by atoms with van der Waals surface area (Å²) in [5, 5.41) is 6.27. The second kappa shape index (κ2) is 10.00. The van der Waals surface area contributed by atoms with Gasteiger partial charge < -0.3 is 10.6 Å². The van der Waals surface area contributed by atoms with Gasteiger partial charge in [0, 0.05) is 12.6 Å². The number of amides is 1. The van der Waals surface area contributed by atoms with Crippen LogP contribution in [0.4, 0.5) is 4.39 Å². The van der Waals surface area contributed by atoms with Crippen LogP contribution in [0, 0.1) is 25.6 Å². The summed E-state index contributed by atoms with van der Waals surface area (Å²) in [6.45, 7) is 6.33. The second-order valence-corrected chi connectivity index (χ2v) is 6.47. The van der Waals surface area contributed by atoms with Gasteiger partial charge in [-0.3, -0.25) is 4.79 Å².